The second-order valence-corrected chi connectivity index (χ2v) is 8.96. The number of benzene rings is 2. The number of aryl methyl sites for hydroxylation is 2. The van der Waals surface area contributed by atoms with E-state index in [2.05, 4.69) is 76.8 Å². The number of hydrogen-bond acceptors (Lipinski definition) is 2. The first-order valence-electron chi connectivity index (χ1n) is 9.95. The van der Waals surface area contributed by atoms with Crippen LogP contribution in [0.25, 0.3) is 0 Å². The van der Waals surface area contributed by atoms with Crippen molar-refractivity contribution < 1.29 is 0 Å². The van der Waals surface area contributed by atoms with Crippen molar-refractivity contribution in [2.24, 2.45) is 4.99 Å². The highest BCUT2D eigenvalue weighted by molar-refractivity contribution is 6.33. The molecule has 1 unspecified atom stereocenters. The van der Waals surface area contributed by atoms with Gasteiger partial charge in [-0.2, -0.15) is 0 Å². The Morgan fingerprint density at radius 2 is 1.96 bits per heavy atom. The third-order valence-corrected chi connectivity index (χ3v) is 5.97. The van der Waals surface area contributed by atoms with Crippen LogP contribution in [0.2, 0.25) is 5.02 Å². The summed E-state index contributed by atoms with van der Waals surface area (Å²) in [6.07, 6.45) is 4.19. The summed E-state index contributed by atoms with van der Waals surface area (Å²) < 4.78 is 0. The summed E-state index contributed by atoms with van der Waals surface area (Å²) in [5.74, 6) is 0.508. The van der Waals surface area contributed by atoms with Crippen LogP contribution in [0.3, 0.4) is 0 Å². The summed E-state index contributed by atoms with van der Waals surface area (Å²) in [7, 11) is 0. The normalized spacial score (nSPS) is 18.8. The molecule has 0 radical (unpaired) electrons. The molecule has 0 N–H and O–H groups in total. The van der Waals surface area contributed by atoms with Crippen LogP contribution in [0, 0.1) is 13.8 Å². The maximum Gasteiger partial charge on any atom is 0.0659 e. The summed E-state index contributed by atoms with van der Waals surface area (Å²) >= 11 is 6.68. The summed E-state index contributed by atoms with van der Waals surface area (Å²) in [5.41, 5.74) is 7.26. The molecular weight excluding hydrogens is 352 g/mol. The van der Waals surface area contributed by atoms with Crippen LogP contribution >= 0.6 is 11.6 Å². The Morgan fingerprint density at radius 1 is 1.22 bits per heavy atom. The van der Waals surface area contributed by atoms with Crippen molar-refractivity contribution in [3.63, 3.8) is 0 Å². The fraction of sp³-hybridized carbons (Fsp3) is 0.458. The zero-order valence-corrected chi connectivity index (χ0v) is 18.2. The van der Waals surface area contributed by atoms with Gasteiger partial charge in [0.1, 0.15) is 0 Å². The Hall–Kier alpha value is -1.80. The molecule has 0 aliphatic carbocycles. The van der Waals surface area contributed by atoms with Gasteiger partial charge in [-0.3, -0.25) is 4.99 Å². The predicted octanol–water partition coefficient (Wildman–Crippen LogP) is 7.21. The SMILES string of the molecule is CCCN1c2cc(Cl)c(C=Nc3ccc(C)cc3C)cc2C(C)CC1(C)C. The molecule has 1 aliphatic rings. The molecule has 3 heteroatoms. The average molecular weight is 383 g/mol. The van der Waals surface area contributed by atoms with Crippen molar-refractivity contribution in [3.05, 3.63) is 57.6 Å². The van der Waals surface area contributed by atoms with E-state index < -0.39 is 0 Å². The lowest BCUT2D eigenvalue weighted by atomic mass is 9.79. The van der Waals surface area contributed by atoms with Crippen LogP contribution in [0.15, 0.2) is 35.3 Å². The van der Waals surface area contributed by atoms with Gasteiger partial charge >= 0.3 is 0 Å². The van der Waals surface area contributed by atoms with Crippen molar-refractivity contribution >= 4 is 29.2 Å². The van der Waals surface area contributed by atoms with Gasteiger partial charge in [0.05, 0.1) is 10.7 Å². The molecule has 1 atom stereocenters. The van der Waals surface area contributed by atoms with Crippen LogP contribution in [0.1, 0.15) is 68.7 Å². The van der Waals surface area contributed by atoms with Gasteiger partial charge in [0.15, 0.2) is 0 Å². The smallest absolute Gasteiger partial charge is 0.0659 e. The fourth-order valence-corrected chi connectivity index (χ4v) is 4.56. The topological polar surface area (TPSA) is 15.6 Å². The molecule has 0 fully saturated rings. The maximum absolute atomic E-state index is 6.68. The number of aliphatic imine (C=N–C) groups is 1. The Kier molecular flexibility index (Phi) is 5.67. The zero-order valence-electron chi connectivity index (χ0n) is 17.4. The number of rotatable bonds is 4. The molecule has 0 saturated heterocycles. The Labute approximate surface area is 169 Å². The van der Waals surface area contributed by atoms with Crippen molar-refractivity contribution in [1.82, 2.24) is 0 Å². The molecule has 0 saturated carbocycles. The first-order chi connectivity index (χ1) is 12.7. The summed E-state index contributed by atoms with van der Waals surface area (Å²) in [4.78, 5) is 7.24. The highest BCUT2D eigenvalue weighted by Crippen LogP contribution is 2.45. The second kappa shape index (κ2) is 7.67. The summed E-state index contributed by atoms with van der Waals surface area (Å²) in [5, 5.41) is 0.772. The number of hydrogen-bond donors (Lipinski definition) is 0. The van der Waals surface area contributed by atoms with E-state index in [4.69, 9.17) is 16.6 Å². The van der Waals surface area contributed by atoms with E-state index in [0.717, 1.165) is 35.7 Å². The number of halogens is 1. The molecule has 1 heterocycles. The highest BCUT2D eigenvalue weighted by Gasteiger charge is 2.36. The van der Waals surface area contributed by atoms with Crippen LogP contribution < -0.4 is 4.90 Å². The maximum atomic E-state index is 6.68. The molecule has 144 valence electrons. The van der Waals surface area contributed by atoms with Crippen molar-refractivity contribution in [3.8, 4) is 0 Å². The summed E-state index contributed by atoms with van der Waals surface area (Å²) in [6, 6.07) is 10.7. The Balaban J connectivity index is 2.00. The van der Waals surface area contributed by atoms with E-state index in [9.17, 15) is 0 Å². The number of nitrogens with zero attached hydrogens (tertiary/aromatic N) is 2. The van der Waals surface area contributed by atoms with E-state index in [1.54, 1.807) is 0 Å². The Bertz CT molecular complexity index is 867. The lowest BCUT2D eigenvalue weighted by Crippen LogP contribution is -2.48. The van der Waals surface area contributed by atoms with Crippen molar-refractivity contribution in [2.45, 2.75) is 65.8 Å². The van der Waals surface area contributed by atoms with Crippen LogP contribution in [0.5, 0.6) is 0 Å². The molecule has 0 spiro atoms. The van der Waals surface area contributed by atoms with Gasteiger partial charge in [-0.25, -0.2) is 0 Å². The number of fused-ring (bicyclic) bond motifs is 1. The first kappa shape index (κ1) is 19.9. The monoisotopic (exact) mass is 382 g/mol. The van der Waals surface area contributed by atoms with Gasteiger partial charge in [0.2, 0.25) is 0 Å². The van der Waals surface area contributed by atoms with Crippen LogP contribution in [-0.2, 0) is 0 Å². The van der Waals surface area contributed by atoms with Gasteiger partial charge < -0.3 is 4.90 Å². The highest BCUT2D eigenvalue weighted by atomic mass is 35.5. The molecule has 0 bridgehead atoms. The predicted molar refractivity (Wildman–Crippen MR) is 119 cm³/mol. The van der Waals surface area contributed by atoms with Crippen LogP contribution in [0.4, 0.5) is 11.4 Å². The largest absolute Gasteiger partial charge is 0.366 e. The molecule has 3 rings (SSSR count). The molecule has 2 nitrogen and oxygen atoms in total. The fourth-order valence-electron chi connectivity index (χ4n) is 4.36. The standard InChI is InChI=1S/C24H31ClN2/c1-7-10-27-23-13-21(25)19(12-20(23)18(4)14-24(27,5)6)15-26-22-9-8-16(2)11-17(22)3/h8-9,11-13,15,18H,7,10,14H2,1-6H3. The van der Waals surface area contributed by atoms with Crippen molar-refractivity contribution in [2.75, 3.05) is 11.4 Å². The van der Waals surface area contributed by atoms with E-state index in [1.807, 2.05) is 6.21 Å². The minimum absolute atomic E-state index is 0.153. The molecule has 2 aromatic carbocycles. The molecule has 27 heavy (non-hydrogen) atoms. The van der Waals surface area contributed by atoms with Crippen LogP contribution in [-0.4, -0.2) is 18.3 Å². The van der Waals surface area contributed by atoms with Crippen molar-refractivity contribution in [1.29, 1.82) is 0 Å². The molecule has 1 aliphatic heterocycles. The van der Waals surface area contributed by atoms with E-state index in [-0.39, 0.29) is 5.54 Å². The minimum atomic E-state index is 0.153. The van der Waals surface area contributed by atoms with Gasteiger partial charge in [0.25, 0.3) is 0 Å². The quantitative estimate of drug-likeness (QED) is 0.510. The Morgan fingerprint density at radius 3 is 2.63 bits per heavy atom. The molecular formula is C24H31ClN2. The molecule has 2 aromatic rings. The molecule has 0 aromatic heterocycles. The van der Waals surface area contributed by atoms with Gasteiger partial charge in [-0.1, -0.05) is 43.1 Å². The summed E-state index contributed by atoms with van der Waals surface area (Å²) in [6.45, 7) is 14.5. The van der Waals surface area contributed by atoms with Gasteiger partial charge in [-0.05, 0) is 75.8 Å². The third kappa shape index (κ3) is 4.06. The molecule has 0 amide bonds. The zero-order chi connectivity index (χ0) is 19.8. The second-order valence-electron chi connectivity index (χ2n) is 8.55. The third-order valence-electron chi connectivity index (χ3n) is 5.65. The first-order valence-corrected chi connectivity index (χ1v) is 10.3. The lowest BCUT2D eigenvalue weighted by molar-refractivity contribution is 0.376. The lowest BCUT2D eigenvalue weighted by Gasteiger charge is -2.47. The van der Waals surface area contributed by atoms with Gasteiger partial charge in [-0.15, -0.1) is 0 Å². The van der Waals surface area contributed by atoms with E-state index in [0.29, 0.717) is 5.92 Å². The van der Waals surface area contributed by atoms with Gasteiger partial charge in [0, 0.05) is 29.5 Å². The number of anilines is 1. The van der Waals surface area contributed by atoms with E-state index >= 15 is 0 Å². The minimum Gasteiger partial charge on any atom is -0.366 e. The average Bonchev–Trinajstić information content (AvgIpc) is 2.58. The van der Waals surface area contributed by atoms with E-state index in [1.165, 1.54) is 22.4 Å².